The van der Waals surface area contributed by atoms with E-state index in [2.05, 4.69) is 13.8 Å². The summed E-state index contributed by atoms with van der Waals surface area (Å²) in [5.41, 5.74) is 0.980. The van der Waals surface area contributed by atoms with E-state index in [1.807, 2.05) is 18.2 Å². The Morgan fingerprint density at radius 2 is 1.94 bits per heavy atom. The molecule has 0 radical (unpaired) electrons. The number of methoxy groups -OCH3 is 1. The van der Waals surface area contributed by atoms with E-state index in [1.165, 1.54) is 0 Å². The molecule has 1 rings (SSSR count). The van der Waals surface area contributed by atoms with Crippen molar-refractivity contribution in [1.82, 2.24) is 0 Å². The Balaban J connectivity index is 2.86. The average molecular weight is 243 g/mol. The van der Waals surface area contributed by atoms with Crippen molar-refractivity contribution in [3.8, 4) is 11.5 Å². The van der Waals surface area contributed by atoms with Crippen LogP contribution >= 0.6 is 11.6 Å². The molecule has 0 spiro atoms. The van der Waals surface area contributed by atoms with Gasteiger partial charge in [-0.25, -0.2) is 0 Å². The fourth-order valence-corrected chi connectivity index (χ4v) is 1.75. The summed E-state index contributed by atoms with van der Waals surface area (Å²) < 4.78 is 11.0. The first-order chi connectivity index (χ1) is 7.74. The van der Waals surface area contributed by atoms with Gasteiger partial charge in [-0.1, -0.05) is 13.8 Å². The highest BCUT2D eigenvalue weighted by atomic mass is 35.5. The zero-order chi connectivity index (χ0) is 12.0. The van der Waals surface area contributed by atoms with Crippen LogP contribution in [0.1, 0.15) is 32.3 Å². The molecule has 0 N–H and O–H groups in total. The predicted molar refractivity (Wildman–Crippen MR) is 67.5 cm³/mol. The van der Waals surface area contributed by atoms with Crippen LogP contribution in [0.5, 0.6) is 11.5 Å². The molecule has 0 aliphatic heterocycles. The van der Waals surface area contributed by atoms with Gasteiger partial charge in [-0.05, 0) is 31.0 Å². The van der Waals surface area contributed by atoms with Crippen molar-refractivity contribution in [3.63, 3.8) is 0 Å². The van der Waals surface area contributed by atoms with Gasteiger partial charge in [0, 0.05) is 5.56 Å². The van der Waals surface area contributed by atoms with Crippen LogP contribution < -0.4 is 9.47 Å². The number of halogens is 1. The normalized spacial score (nSPS) is 10.6. The molecule has 0 amide bonds. The summed E-state index contributed by atoms with van der Waals surface area (Å²) >= 11 is 5.90. The number of rotatable bonds is 6. The van der Waals surface area contributed by atoms with E-state index < -0.39 is 0 Å². The highest BCUT2D eigenvalue weighted by Gasteiger charge is 2.09. The number of hydrogen-bond acceptors (Lipinski definition) is 2. The van der Waals surface area contributed by atoms with Gasteiger partial charge in [0.15, 0.2) is 0 Å². The molecule has 0 saturated heterocycles. The second-order valence-electron chi connectivity index (χ2n) is 3.66. The van der Waals surface area contributed by atoms with Crippen molar-refractivity contribution >= 4 is 11.6 Å². The van der Waals surface area contributed by atoms with Gasteiger partial charge in [-0.15, -0.1) is 11.6 Å². The van der Waals surface area contributed by atoms with Crippen LogP contribution in [0.25, 0.3) is 0 Å². The summed E-state index contributed by atoms with van der Waals surface area (Å²) in [5.74, 6) is 2.12. The third kappa shape index (κ3) is 3.31. The first-order valence-electron chi connectivity index (χ1n) is 5.64. The van der Waals surface area contributed by atoms with Gasteiger partial charge < -0.3 is 9.47 Å². The maximum absolute atomic E-state index is 5.90. The van der Waals surface area contributed by atoms with Crippen LogP contribution in [0.15, 0.2) is 18.2 Å². The fraction of sp³-hybridized carbons (Fsp3) is 0.538. The molecule has 0 fully saturated rings. The lowest BCUT2D eigenvalue weighted by atomic mass is 10.2. The van der Waals surface area contributed by atoms with Crippen molar-refractivity contribution in [1.29, 1.82) is 0 Å². The Hall–Kier alpha value is -0.890. The Morgan fingerprint density at radius 1 is 1.25 bits per heavy atom. The molecule has 0 saturated carbocycles. The minimum atomic E-state index is 0.260. The third-order valence-corrected chi connectivity index (χ3v) is 2.90. The summed E-state index contributed by atoms with van der Waals surface area (Å²) in [6.07, 6.45) is 2.27. The average Bonchev–Trinajstić information content (AvgIpc) is 2.35. The zero-order valence-corrected chi connectivity index (χ0v) is 10.9. The molecule has 0 aliphatic carbocycles. The first-order valence-corrected chi connectivity index (χ1v) is 6.18. The molecule has 0 unspecified atom stereocenters. The van der Waals surface area contributed by atoms with Crippen molar-refractivity contribution in [2.75, 3.05) is 7.11 Å². The molecule has 1 aromatic carbocycles. The van der Waals surface area contributed by atoms with E-state index in [-0.39, 0.29) is 6.10 Å². The van der Waals surface area contributed by atoms with Gasteiger partial charge in [-0.2, -0.15) is 0 Å². The minimum Gasteiger partial charge on any atom is -0.497 e. The van der Waals surface area contributed by atoms with Gasteiger partial charge in [0.25, 0.3) is 0 Å². The van der Waals surface area contributed by atoms with E-state index in [9.17, 15) is 0 Å². The summed E-state index contributed by atoms with van der Waals surface area (Å²) in [6, 6.07) is 5.74. The van der Waals surface area contributed by atoms with Gasteiger partial charge >= 0.3 is 0 Å². The zero-order valence-electron chi connectivity index (χ0n) is 10.1. The van der Waals surface area contributed by atoms with Gasteiger partial charge in [0.05, 0.1) is 19.1 Å². The molecule has 0 aliphatic rings. The van der Waals surface area contributed by atoms with E-state index >= 15 is 0 Å². The topological polar surface area (TPSA) is 18.5 Å². The van der Waals surface area contributed by atoms with Crippen LogP contribution in [-0.4, -0.2) is 13.2 Å². The van der Waals surface area contributed by atoms with Crippen LogP contribution in [0.2, 0.25) is 0 Å². The standard InChI is InChI=1S/C13H19ClO2/c1-4-11(5-2)16-13-7-6-12(15-3)8-10(13)9-14/h6-8,11H,4-5,9H2,1-3H3. The van der Waals surface area contributed by atoms with Crippen molar-refractivity contribution in [2.45, 2.75) is 38.7 Å². The summed E-state index contributed by atoms with van der Waals surface area (Å²) in [5, 5.41) is 0. The number of hydrogen-bond donors (Lipinski definition) is 0. The summed E-state index contributed by atoms with van der Waals surface area (Å²) in [4.78, 5) is 0. The van der Waals surface area contributed by atoms with E-state index in [0.29, 0.717) is 5.88 Å². The van der Waals surface area contributed by atoms with Gasteiger partial charge in [-0.3, -0.25) is 0 Å². The molecule has 16 heavy (non-hydrogen) atoms. The third-order valence-electron chi connectivity index (χ3n) is 2.62. The summed E-state index contributed by atoms with van der Waals surface area (Å²) in [6.45, 7) is 4.25. The molecule has 0 aromatic heterocycles. The Bertz CT molecular complexity index is 322. The Morgan fingerprint density at radius 3 is 2.44 bits per heavy atom. The molecule has 0 bridgehead atoms. The maximum atomic E-state index is 5.90. The SMILES string of the molecule is CCC(CC)Oc1ccc(OC)cc1CCl. The fourth-order valence-electron chi connectivity index (χ4n) is 1.54. The minimum absolute atomic E-state index is 0.260. The molecular weight excluding hydrogens is 224 g/mol. The lowest BCUT2D eigenvalue weighted by molar-refractivity contribution is 0.191. The molecule has 3 heteroatoms. The van der Waals surface area contributed by atoms with E-state index in [4.69, 9.17) is 21.1 Å². The Labute approximate surface area is 103 Å². The molecular formula is C13H19ClO2. The largest absolute Gasteiger partial charge is 0.497 e. The Kier molecular flexibility index (Phi) is 5.47. The number of ether oxygens (including phenoxy) is 2. The van der Waals surface area contributed by atoms with E-state index in [0.717, 1.165) is 29.9 Å². The van der Waals surface area contributed by atoms with E-state index in [1.54, 1.807) is 7.11 Å². The van der Waals surface area contributed by atoms with Crippen molar-refractivity contribution in [2.24, 2.45) is 0 Å². The highest BCUT2D eigenvalue weighted by Crippen LogP contribution is 2.27. The number of benzene rings is 1. The monoisotopic (exact) mass is 242 g/mol. The second kappa shape index (κ2) is 6.64. The molecule has 2 nitrogen and oxygen atoms in total. The lowest BCUT2D eigenvalue weighted by Gasteiger charge is -2.18. The van der Waals surface area contributed by atoms with Crippen molar-refractivity contribution in [3.05, 3.63) is 23.8 Å². The highest BCUT2D eigenvalue weighted by molar-refractivity contribution is 6.17. The first kappa shape index (κ1) is 13.2. The van der Waals surface area contributed by atoms with Crippen LogP contribution in [0.4, 0.5) is 0 Å². The number of alkyl halides is 1. The predicted octanol–water partition coefficient (Wildman–Crippen LogP) is 4.00. The van der Waals surface area contributed by atoms with Crippen molar-refractivity contribution < 1.29 is 9.47 Å². The van der Waals surface area contributed by atoms with Crippen LogP contribution in [0, 0.1) is 0 Å². The summed E-state index contributed by atoms with van der Waals surface area (Å²) in [7, 11) is 1.65. The lowest BCUT2D eigenvalue weighted by Crippen LogP contribution is -2.14. The second-order valence-corrected chi connectivity index (χ2v) is 3.93. The van der Waals surface area contributed by atoms with Gasteiger partial charge in [0.2, 0.25) is 0 Å². The quantitative estimate of drug-likeness (QED) is 0.702. The molecule has 0 atom stereocenters. The van der Waals surface area contributed by atoms with Crippen LogP contribution in [-0.2, 0) is 5.88 Å². The van der Waals surface area contributed by atoms with Gasteiger partial charge in [0.1, 0.15) is 11.5 Å². The molecule has 90 valence electrons. The maximum Gasteiger partial charge on any atom is 0.124 e. The smallest absolute Gasteiger partial charge is 0.124 e. The molecule has 1 aromatic rings. The van der Waals surface area contributed by atoms with Crippen LogP contribution in [0.3, 0.4) is 0 Å². The molecule has 0 heterocycles.